The molecule has 0 fully saturated rings. The molecule has 0 N–H and O–H groups in total. The van der Waals surface area contributed by atoms with Gasteiger partial charge in [0.2, 0.25) is 0 Å². The Hall–Kier alpha value is -0.380. The van der Waals surface area contributed by atoms with Crippen LogP contribution < -0.4 is 0 Å². The standard InChI is InChI=1S/C12H24O3S/c1-4-11(3)16(14)10-8-6-7-9-12(13)15-5-2/h11H,4-10H2,1-3H3. The molecule has 96 valence electrons. The molecule has 2 atom stereocenters. The third kappa shape index (κ3) is 7.85. The lowest BCUT2D eigenvalue weighted by Gasteiger charge is -2.08. The Balaban J connectivity index is 3.40. The lowest BCUT2D eigenvalue weighted by Crippen LogP contribution is -2.12. The normalized spacial score (nSPS) is 14.4. The first-order chi connectivity index (χ1) is 7.61. The van der Waals surface area contributed by atoms with Gasteiger partial charge < -0.3 is 4.74 Å². The predicted molar refractivity (Wildman–Crippen MR) is 67.9 cm³/mol. The third-order valence-corrected chi connectivity index (χ3v) is 4.48. The van der Waals surface area contributed by atoms with E-state index in [9.17, 15) is 9.00 Å². The van der Waals surface area contributed by atoms with E-state index in [4.69, 9.17) is 4.74 Å². The molecular weight excluding hydrogens is 224 g/mol. The Kier molecular flexibility index (Phi) is 9.59. The van der Waals surface area contributed by atoms with E-state index >= 15 is 0 Å². The van der Waals surface area contributed by atoms with Gasteiger partial charge in [-0.1, -0.05) is 20.3 Å². The van der Waals surface area contributed by atoms with Crippen LogP contribution in [-0.2, 0) is 20.3 Å². The SMILES string of the molecule is CCOC(=O)CCCCCS(=O)C(C)CC. The van der Waals surface area contributed by atoms with E-state index in [1.165, 1.54) is 0 Å². The van der Waals surface area contributed by atoms with Crippen LogP contribution in [0.2, 0.25) is 0 Å². The van der Waals surface area contributed by atoms with Crippen molar-refractivity contribution >= 4 is 16.8 Å². The monoisotopic (exact) mass is 248 g/mol. The number of carbonyl (C=O) groups is 1. The van der Waals surface area contributed by atoms with Gasteiger partial charge in [0.25, 0.3) is 0 Å². The molecule has 0 spiro atoms. The van der Waals surface area contributed by atoms with E-state index in [2.05, 4.69) is 6.92 Å². The molecule has 0 aliphatic heterocycles. The molecule has 0 saturated heterocycles. The summed E-state index contributed by atoms with van der Waals surface area (Å²) in [5.74, 6) is 0.642. The molecule has 2 unspecified atom stereocenters. The molecule has 0 aliphatic rings. The van der Waals surface area contributed by atoms with Crippen molar-refractivity contribution in [2.24, 2.45) is 0 Å². The molecule has 0 amide bonds. The smallest absolute Gasteiger partial charge is 0.305 e. The molecule has 16 heavy (non-hydrogen) atoms. The summed E-state index contributed by atoms with van der Waals surface area (Å²) < 4.78 is 16.4. The molecule has 0 aliphatic carbocycles. The second-order valence-electron chi connectivity index (χ2n) is 3.92. The van der Waals surface area contributed by atoms with E-state index in [0.29, 0.717) is 18.3 Å². The van der Waals surface area contributed by atoms with Crippen LogP contribution in [0.1, 0.15) is 52.9 Å². The van der Waals surface area contributed by atoms with Crippen molar-refractivity contribution in [2.75, 3.05) is 12.4 Å². The summed E-state index contributed by atoms with van der Waals surface area (Å²) in [7, 11) is -0.699. The van der Waals surface area contributed by atoms with Crippen LogP contribution in [0, 0.1) is 0 Å². The summed E-state index contributed by atoms with van der Waals surface area (Å²) >= 11 is 0. The molecule has 0 radical (unpaired) electrons. The van der Waals surface area contributed by atoms with Crippen LogP contribution in [0.4, 0.5) is 0 Å². The summed E-state index contributed by atoms with van der Waals surface area (Å²) in [4.78, 5) is 11.0. The Labute approximate surface area is 101 Å². The molecule has 4 heteroatoms. The average molecular weight is 248 g/mol. The van der Waals surface area contributed by atoms with Gasteiger partial charge in [-0.3, -0.25) is 9.00 Å². The summed E-state index contributed by atoms with van der Waals surface area (Å²) in [6.45, 7) is 6.35. The fourth-order valence-electron chi connectivity index (χ4n) is 1.31. The Morgan fingerprint density at radius 2 is 1.94 bits per heavy atom. The summed E-state index contributed by atoms with van der Waals surface area (Å²) in [5.41, 5.74) is 0. The van der Waals surface area contributed by atoms with Gasteiger partial charge in [0.1, 0.15) is 0 Å². The molecule has 0 bridgehead atoms. The van der Waals surface area contributed by atoms with Gasteiger partial charge in [0.15, 0.2) is 0 Å². The molecular formula is C12H24O3S. The van der Waals surface area contributed by atoms with Crippen molar-refractivity contribution < 1.29 is 13.7 Å². The maximum Gasteiger partial charge on any atom is 0.305 e. The largest absolute Gasteiger partial charge is 0.466 e. The zero-order valence-corrected chi connectivity index (χ0v) is 11.5. The molecule has 0 aromatic heterocycles. The first-order valence-electron chi connectivity index (χ1n) is 6.14. The minimum absolute atomic E-state index is 0.120. The second kappa shape index (κ2) is 9.82. The molecule has 0 rings (SSSR count). The fourth-order valence-corrected chi connectivity index (χ4v) is 2.57. The first kappa shape index (κ1) is 15.6. The van der Waals surface area contributed by atoms with Gasteiger partial charge in [-0.25, -0.2) is 0 Å². The maximum absolute atomic E-state index is 11.6. The maximum atomic E-state index is 11.6. The van der Waals surface area contributed by atoms with Gasteiger partial charge in [0.05, 0.1) is 6.61 Å². The van der Waals surface area contributed by atoms with Crippen LogP contribution in [0.15, 0.2) is 0 Å². The number of unbranched alkanes of at least 4 members (excludes halogenated alkanes) is 2. The van der Waals surface area contributed by atoms with Crippen LogP contribution in [0.3, 0.4) is 0 Å². The molecule has 0 aromatic rings. The van der Waals surface area contributed by atoms with E-state index in [0.717, 1.165) is 31.4 Å². The summed E-state index contributed by atoms with van der Waals surface area (Å²) in [6, 6.07) is 0. The minimum Gasteiger partial charge on any atom is -0.466 e. The fraction of sp³-hybridized carbons (Fsp3) is 0.917. The number of ether oxygens (including phenoxy) is 1. The van der Waals surface area contributed by atoms with Crippen LogP contribution in [0.25, 0.3) is 0 Å². The highest BCUT2D eigenvalue weighted by molar-refractivity contribution is 7.85. The highest BCUT2D eigenvalue weighted by Gasteiger charge is 2.08. The van der Waals surface area contributed by atoms with Crippen molar-refractivity contribution in [3.63, 3.8) is 0 Å². The molecule has 0 heterocycles. The molecule has 0 aromatic carbocycles. The van der Waals surface area contributed by atoms with Crippen LogP contribution in [-0.4, -0.2) is 27.8 Å². The average Bonchev–Trinajstić information content (AvgIpc) is 2.27. The van der Waals surface area contributed by atoms with Gasteiger partial charge in [-0.15, -0.1) is 0 Å². The number of hydrogen-bond acceptors (Lipinski definition) is 3. The van der Waals surface area contributed by atoms with Gasteiger partial charge in [-0.05, 0) is 26.2 Å². The number of esters is 1. The lowest BCUT2D eigenvalue weighted by molar-refractivity contribution is -0.143. The first-order valence-corrected chi connectivity index (χ1v) is 7.52. The number of rotatable bonds is 9. The molecule has 0 saturated carbocycles. The number of hydrogen-bond donors (Lipinski definition) is 0. The lowest BCUT2D eigenvalue weighted by atomic mass is 10.2. The quantitative estimate of drug-likeness (QED) is 0.465. The van der Waals surface area contributed by atoms with Gasteiger partial charge in [0, 0.05) is 28.2 Å². The van der Waals surface area contributed by atoms with E-state index in [1.807, 2.05) is 13.8 Å². The number of carbonyl (C=O) groups excluding carboxylic acids is 1. The third-order valence-electron chi connectivity index (χ3n) is 2.56. The second-order valence-corrected chi connectivity index (χ2v) is 5.89. The van der Waals surface area contributed by atoms with E-state index < -0.39 is 10.8 Å². The summed E-state index contributed by atoms with van der Waals surface area (Å²) in [5, 5.41) is 0.296. The Morgan fingerprint density at radius 3 is 2.50 bits per heavy atom. The molecule has 3 nitrogen and oxygen atoms in total. The van der Waals surface area contributed by atoms with Crippen molar-refractivity contribution in [1.29, 1.82) is 0 Å². The van der Waals surface area contributed by atoms with Crippen molar-refractivity contribution in [2.45, 2.75) is 58.1 Å². The van der Waals surface area contributed by atoms with Crippen molar-refractivity contribution in [3.05, 3.63) is 0 Å². The zero-order chi connectivity index (χ0) is 12.4. The highest BCUT2D eigenvalue weighted by atomic mass is 32.2. The predicted octanol–water partition coefficient (Wildman–Crippen LogP) is 2.66. The van der Waals surface area contributed by atoms with Crippen molar-refractivity contribution in [3.8, 4) is 0 Å². The van der Waals surface area contributed by atoms with Crippen molar-refractivity contribution in [1.82, 2.24) is 0 Å². The van der Waals surface area contributed by atoms with E-state index in [-0.39, 0.29) is 5.97 Å². The van der Waals surface area contributed by atoms with Gasteiger partial charge in [-0.2, -0.15) is 0 Å². The summed E-state index contributed by atoms with van der Waals surface area (Å²) in [6.07, 6.45) is 4.20. The minimum atomic E-state index is -0.699. The highest BCUT2D eigenvalue weighted by Crippen LogP contribution is 2.06. The Morgan fingerprint density at radius 1 is 1.25 bits per heavy atom. The van der Waals surface area contributed by atoms with E-state index in [1.54, 1.807) is 0 Å². The topological polar surface area (TPSA) is 43.4 Å². The Bertz CT molecular complexity index is 216. The van der Waals surface area contributed by atoms with Crippen LogP contribution >= 0.6 is 0 Å². The van der Waals surface area contributed by atoms with Crippen LogP contribution in [0.5, 0.6) is 0 Å². The zero-order valence-electron chi connectivity index (χ0n) is 10.7. The van der Waals surface area contributed by atoms with Gasteiger partial charge >= 0.3 is 5.97 Å².